The van der Waals surface area contributed by atoms with Crippen molar-refractivity contribution in [3.8, 4) is 11.8 Å². The number of nitrogens with one attached hydrogen (secondary N) is 1. The van der Waals surface area contributed by atoms with Gasteiger partial charge in [-0.2, -0.15) is 9.83 Å². The number of aromatic nitrogens is 1. The van der Waals surface area contributed by atoms with Crippen LogP contribution in [0.25, 0.3) is 5.69 Å². The predicted molar refractivity (Wildman–Crippen MR) is 122 cm³/mol. The van der Waals surface area contributed by atoms with Crippen LogP contribution >= 0.6 is 11.3 Å². The Morgan fingerprint density at radius 1 is 0.967 bits per heavy atom. The fourth-order valence-corrected chi connectivity index (χ4v) is 3.86. The van der Waals surface area contributed by atoms with E-state index in [2.05, 4.69) is 11.4 Å². The highest BCUT2D eigenvalue weighted by Crippen LogP contribution is 2.28. The summed E-state index contributed by atoms with van der Waals surface area (Å²) in [7, 11) is 0. The highest BCUT2D eigenvalue weighted by atomic mass is 32.1. The van der Waals surface area contributed by atoms with Crippen LogP contribution in [-0.4, -0.2) is 5.84 Å². The number of anilines is 2. The molecule has 146 valence electrons. The molecule has 1 aromatic heterocycles. The Morgan fingerprint density at radius 2 is 1.60 bits per heavy atom. The first-order valence-corrected chi connectivity index (χ1v) is 10.2. The summed E-state index contributed by atoms with van der Waals surface area (Å²) in [6.45, 7) is 2.05. The van der Waals surface area contributed by atoms with E-state index in [-0.39, 0.29) is 0 Å². The van der Waals surface area contributed by atoms with Crippen LogP contribution in [0.4, 0.5) is 16.6 Å². The number of para-hydroxylation sites is 2. The summed E-state index contributed by atoms with van der Waals surface area (Å²) >= 11 is 1.27. The van der Waals surface area contributed by atoms with Crippen LogP contribution < -0.4 is 15.6 Å². The van der Waals surface area contributed by atoms with Gasteiger partial charge >= 0.3 is 5.13 Å². The normalized spacial score (nSPS) is 11.1. The molecule has 0 aliphatic heterocycles. The molecule has 0 fully saturated rings. The third-order valence-electron chi connectivity index (χ3n) is 4.54. The molecule has 5 nitrogen and oxygen atoms in total. The van der Waals surface area contributed by atoms with Crippen molar-refractivity contribution in [2.45, 2.75) is 6.92 Å². The Hall–Kier alpha value is -3.95. The molecule has 0 saturated heterocycles. The van der Waals surface area contributed by atoms with Gasteiger partial charge in [-0.25, -0.2) is 0 Å². The average Bonchev–Trinajstić information content (AvgIpc) is 3.10. The Bertz CT molecular complexity index is 1220. The number of hydrogen-bond donors (Lipinski definition) is 2. The van der Waals surface area contributed by atoms with Crippen molar-refractivity contribution < 1.29 is 4.57 Å². The molecule has 0 aliphatic carbocycles. The molecule has 0 amide bonds. The molecule has 4 aromatic rings. The minimum atomic E-state index is 0.385. The molecule has 0 bridgehead atoms. The van der Waals surface area contributed by atoms with E-state index in [0.29, 0.717) is 21.7 Å². The maximum atomic E-state index is 9.52. The highest BCUT2D eigenvalue weighted by Gasteiger charge is 2.24. The first-order chi connectivity index (χ1) is 14.7. The van der Waals surface area contributed by atoms with Gasteiger partial charge < -0.3 is 11.1 Å². The van der Waals surface area contributed by atoms with E-state index in [1.807, 2.05) is 96.4 Å². The number of rotatable bonds is 4. The van der Waals surface area contributed by atoms with Gasteiger partial charge in [0.05, 0.1) is 0 Å². The molecule has 6 heteroatoms. The zero-order valence-corrected chi connectivity index (χ0v) is 17.2. The number of amidine groups is 1. The van der Waals surface area contributed by atoms with Gasteiger partial charge in [-0.3, -0.25) is 0 Å². The van der Waals surface area contributed by atoms with Crippen LogP contribution in [0.3, 0.4) is 0 Å². The van der Waals surface area contributed by atoms with Crippen LogP contribution in [0, 0.1) is 18.3 Å². The van der Waals surface area contributed by atoms with Gasteiger partial charge in [-0.15, -0.1) is 0 Å². The molecule has 0 spiro atoms. The second kappa shape index (κ2) is 8.60. The molecule has 0 unspecified atom stereocenters. The number of aryl methyl sites for hydroxylation is 1. The zero-order valence-electron chi connectivity index (χ0n) is 16.4. The van der Waals surface area contributed by atoms with E-state index in [4.69, 9.17) is 10.7 Å². The van der Waals surface area contributed by atoms with Crippen LogP contribution in [0.1, 0.15) is 16.0 Å². The molecule has 0 atom stereocenters. The Balaban J connectivity index is 1.88. The van der Waals surface area contributed by atoms with Crippen molar-refractivity contribution >= 4 is 33.8 Å². The summed E-state index contributed by atoms with van der Waals surface area (Å²) in [6, 6.07) is 29.9. The van der Waals surface area contributed by atoms with Crippen molar-refractivity contribution in [2.24, 2.45) is 4.99 Å². The van der Waals surface area contributed by atoms with E-state index in [1.54, 1.807) is 0 Å². The minimum Gasteiger partial charge on any atom is -0.326 e. The Kier molecular flexibility index (Phi) is 5.55. The number of nitriles is 1. The van der Waals surface area contributed by atoms with E-state index >= 15 is 0 Å². The standard InChI is InChI=1S/C24H19N5S/c1-17-12-14-18(15-13-17)23(27-19-8-4-2-5-9-19)28-24-29(20-10-6-3-7-11-20)22(26)21(16-25)30-24/h2-15H,26H2,1H3/p+1. The van der Waals surface area contributed by atoms with Crippen molar-refractivity contribution in [3.63, 3.8) is 0 Å². The summed E-state index contributed by atoms with van der Waals surface area (Å²) in [5, 5.41) is 13.6. The van der Waals surface area contributed by atoms with E-state index in [9.17, 15) is 5.26 Å². The number of thiazole rings is 1. The monoisotopic (exact) mass is 410 g/mol. The van der Waals surface area contributed by atoms with Gasteiger partial charge in [0, 0.05) is 11.3 Å². The average molecular weight is 411 g/mol. The van der Waals surface area contributed by atoms with E-state index in [0.717, 1.165) is 16.9 Å². The second-order valence-corrected chi connectivity index (χ2v) is 7.68. The lowest BCUT2D eigenvalue weighted by Crippen LogP contribution is -2.32. The lowest BCUT2D eigenvalue weighted by molar-refractivity contribution is -0.561. The molecular weight excluding hydrogens is 390 g/mol. The highest BCUT2D eigenvalue weighted by molar-refractivity contribution is 7.15. The van der Waals surface area contributed by atoms with Crippen LogP contribution in [-0.2, 0) is 0 Å². The topological polar surface area (TPSA) is 78.1 Å². The Labute approximate surface area is 179 Å². The van der Waals surface area contributed by atoms with E-state index in [1.165, 1.54) is 16.9 Å². The zero-order chi connectivity index (χ0) is 20.9. The SMILES string of the molecule is Cc1ccc(C(=Nc2sc(C#N)c(N)[n+]2-c2ccccc2)Nc2ccccc2)cc1. The number of nitrogens with zero attached hydrogens (tertiary/aromatic N) is 3. The molecule has 4 rings (SSSR count). The van der Waals surface area contributed by atoms with Crippen LogP contribution in [0.15, 0.2) is 89.9 Å². The number of benzene rings is 3. The third-order valence-corrected chi connectivity index (χ3v) is 5.50. The number of nitrogen functional groups attached to an aromatic ring is 1. The number of nitrogens with two attached hydrogens (primary N) is 1. The van der Waals surface area contributed by atoms with Gasteiger partial charge in [0.15, 0.2) is 4.88 Å². The van der Waals surface area contributed by atoms with Crippen molar-refractivity contribution in [3.05, 3.63) is 101 Å². The van der Waals surface area contributed by atoms with Crippen LogP contribution in [0.5, 0.6) is 0 Å². The van der Waals surface area contributed by atoms with Crippen molar-refractivity contribution in [2.75, 3.05) is 11.1 Å². The molecule has 0 radical (unpaired) electrons. The first-order valence-electron chi connectivity index (χ1n) is 9.43. The van der Waals surface area contributed by atoms with Gasteiger partial charge in [-0.05, 0) is 54.7 Å². The van der Waals surface area contributed by atoms with Crippen molar-refractivity contribution in [1.82, 2.24) is 0 Å². The maximum absolute atomic E-state index is 9.52. The van der Waals surface area contributed by atoms with Crippen molar-refractivity contribution in [1.29, 1.82) is 5.26 Å². The fourth-order valence-electron chi connectivity index (χ4n) is 3.00. The molecule has 3 aromatic carbocycles. The molecule has 0 aliphatic rings. The van der Waals surface area contributed by atoms with E-state index < -0.39 is 0 Å². The van der Waals surface area contributed by atoms with Gasteiger partial charge in [-0.1, -0.05) is 59.1 Å². The quantitative estimate of drug-likeness (QED) is 0.283. The molecule has 0 saturated carbocycles. The Morgan fingerprint density at radius 3 is 2.23 bits per heavy atom. The number of aliphatic imine (C=N–C) groups is 1. The maximum Gasteiger partial charge on any atom is 0.329 e. The largest absolute Gasteiger partial charge is 0.329 e. The second-order valence-electron chi connectivity index (χ2n) is 6.70. The summed E-state index contributed by atoms with van der Waals surface area (Å²) in [4.78, 5) is 5.35. The smallest absolute Gasteiger partial charge is 0.326 e. The molecule has 30 heavy (non-hydrogen) atoms. The summed E-state index contributed by atoms with van der Waals surface area (Å²) in [5.41, 5.74) is 10.2. The van der Waals surface area contributed by atoms with Gasteiger partial charge in [0.25, 0.3) is 5.82 Å². The fraction of sp³-hybridized carbons (Fsp3) is 0.0417. The molecule has 1 heterocycles. The minimum absolute atomic E-state index is 0.385. The predicted octanol–water partition coefficient (Wildman–Crippen LogP) is 4.98. The number of hydrogen-bond acceptors (Lipinski definition) is 4. The summed E-state index contributed by atoms with van der Waals surface area (Å²) < 4.78 is 1.81. The lowest BCUT2D eigenvalue weighted by atomic mass is 10.1. The van der Waals surface area contributed by atoms with Crippen LogP contribution in [0.2, 0.25) is 0 Å². The summed E-state index contributed by atoms with van der Waals surface area (Å²) in [5.74, 6) is 1.06. The third kappa shape index (κ3) is 4.07. The van der Waals surface area contributed by atoms with Gasteiger partial charge in [0.1, 0.15) is 11.8 Å². The summed E-state index contributed by atoms with van der Waals surface area (Å²) in [6.07, 6.45) is 0. The first kappa shape index (κ1) is 19.4. The van der Waals surface area contributed by atoms with Gasteiger partial charge in [0.2, 0.25) is 5.84 Å². The molecular formula is C24H20N5S+. The lowest BCUT2D eigenvalue weighted by Gasteiger charge is -2.08. The molecule has 3 N–H and O–H groups in total.